The molecule has 0 aliphatic heterocycles. The van der Waals surface area contributed by atoms with Crippen LogP contribution in [0.25, 0.3) is 89.4 Å². The zero-order valence-corrected chi connectivity index (χ0v) is 29.3. The maximum Gasteiger partial charge on any atom is 0.0991 e. The van der Waals surface area contributed by atoms with Crippen molar-refractivity contribution in [2.75, 3.05) is 0 Å². The van der Waals surface area contributed by atoms with Crippen molar-refractivity contribution in [3.63, 3.8) is 0 Å². The molecule has 0 bridgehead atoms. The number of pyridine rings is 1. The summed E-state index contributed by atoms with van der Waals surface area (Å²) in [5.41, 5.74) is 16.0. The molecule has 0 atom stereocenters. The van der Waals surface area contributed by atoms with Crippen LogP contribution in [0, 0.1) is 11.3 Å². The summed E-state index contributed by atoms with van der Waals surface area (Å²) in [6.45, 7) is 0. The molecule has 9 aromatic rings. The van der Waals surface area contributed by atoms with Gasteiger partial charge in [0.1, 0.15) is 0 Å². The van der Waals surface area contributed by atoms with Gasteiger partial charge in [0.25, 0.3) is 0 Å². The number of fused-ring (bicyclic) bond motifs is 1. The Morgan fingerprint density at radius 3 is 1.26 bits per heavy atom. The zero-order chi connectivity index (χ0) is 36.3. The van der Waals surface area contributed by atoms with Crippen LogP contribution in [0.2, 0.25) is 0 Å². The summed E-state index contributed by atoms with van der Waals surface area (Å²) in [5, 5.41) is 9.68. The molecule has 0 aliphatic rings. The summed E-state index contributed by atoms with van der Waals surface area (Å²) in [4.78, 5) is 15.5. The van der Waals surface area contributed by atoms with E-state index in [2.05, 4.69) is 133 Å². The minimum absolute atomic E-state index is 0.573. The molecule has 0 unspecified atom stereocenters. The molecule has 0 saturated carbocycles. The van der Waals surface area contributed by atoms with E-state index in [1.165, 1.54) is 16.7 Å². The lowest BCUT2D eigenvalue weighted by molar-refractivity contribution is 1.29. The minimum Gasteiger partial charge on any atom is -0.248 e. The SMILES string of the molecule is N#Cc1cccc(-c2nc3ccccc3nc2-c2cccc(-c3cc(-c4ccc(-c5ccccc5)cc4)cc(-c4ccc(-c5ccccc5)cc4)n3)c2)c1. The first-order valence-corrected chi connectivity index (χ1v) is 17.9. The molecular weight excluding hydrogens is 657 g/mol. The van der Waals surface area contributed by atoms with E-state index in [0.717, 1.165) is 72.8 Å². The van der Waals surface area contributed by atoms with Gasteiger partial charge < -0.3 is 0 Å². The molecule has 54 heavy (non-hydrogen) atoms. The Kier molecular flexibility index (Phi) is 8.57. The molecule has 0 saturated heterocycles. The molecule has 252 valence electrons. The van der Waals surface area contributed by atoms with Gasteiger partial charge in [-0.2, -0.15) is 5.26 Å². The molecule has 0 aliphatic carbocycles. The Labute approximate surface area is 314 Å². The first-order valence-electron chi connectivity index (χ1n) is 17.9. The molecule has 0 N–H and O–H groups in total. The van der Waals surface area contributed by atoms with Crippen molar-refractivity contribution < 1.29 is 0 Å². The third-order valence-corrected chi connectivity index (χ3v) is 9.71. The molecular formula is C50H32N4. The molecule has 0 fully saturated rings. The average molecular weight is 689 g/mol. The van der Waals surface area contributed by atoms with E-state index in [1.54, 1.807) is 6.07 Å². The van der Waals surface area contributed by atoms with Gasteiger partial charge in [0, 0.05) is 22.3 Å². The number of hydrogen-bond donors (Lipinski definition) is 0. The van der Waals surface area contributed by atoms with Crippen LogP contribution in [0.5, 0.6) is 0 Å². The summed E-state index contributed by atoms with van der Waals surface area (Å²) < 4.78 is 0. The number of nitriles is 1. The van der Waals surface area contributed by atoms with Crippen molar-refractivity contribution in [1.29, 1.82) is 5.26 Å². The monoisotopic (exact) mass is 688 g/mol. The van der Waals surface area contributed by atoms with E-state index in [4.69, 9.17) is 15.0 Å². The Bertz CT molecular complexity index is 2700. The molecule has 0 spiro atoms. The fourth-order valence-electron chi connectivity index (χ4n) is 6.91. The van der Waals surface area contributed by atoms with E-state index in [-0.39, 0.29) is 0 Å². The third-order valence-electron chi connectivity index (χ3n) is 9.71. The fraction of sp³-hybridized carbons (Fsp3) is 0. The Hall–Kier alpha value is -7.48. The molecule has 4 nitrogen and oxygen atoms in total. The molecule has 0 amide bonds. The largest absolute Gasteiger partial charge is 0.248 e. The van der Waals surface area contributed by atoms with Crippen LogP contribution in [-0.2, 0) is 0 Å². The van der Waals surface area contributed by atoms with Gasteiger partial charge >= 0.3 is 0 Å². The third kappa shape index (κ3) is 6.54. The van der Waals surface area contributed by atoms with Crippen LogP contribution in [-0.4, -0.2) is 15.0 Å². The van der Waals surface area contributed by atoms with Crippen molar-refractivity contribution in [3.05, 3.63) is 200 Å². The van der Waals surface area contributed by atoms with Crippen LogP contribution in [0.15, 0.2) is 194 Å². The zero-order valence-electron chi connectivity index (χ0n) is 29.3. The lowest BCUT2D eigenvalue weighted by atomic mass is 9.96. The van der Waals surface area contributed by atoms with E-state index in [0.29, 0.717) is 5.56 Å². The van der Waals surface area contributed by atoms with Crippen molar-refractivity contribution in [3.8, 4) is 84.5 Å². The standard InChI is InChI=1S/C50H32N4/c51-33-34-11-9-17-42(29-34)49-50(54-46-20-8-7-19-45(46)53-49)43-18-10-16-41(30-43)48-32-44(39-23-21-37(22-24-39)35-12-3-1-4-13-35)31-47(52-48)40-27-25-38(26-28-40)36-14-5-2-6-15-36/h1-32H. The van der Waals surface area contributed by atoms with Crippen LogP contribution >= 0.6 is 0 Å². The lowest BCUT2D eigenvalue weighted by Gasteiger charge is -2.14. The minimum atomic E-state index is 0.573. The van der Waals surface area contributed by atoms with E-state index >= 15 is 0 Å². The van der Waals surface area contributed by atoms with Gasteiger partial charge in [-0.1, -0.05) is 152 Å². The predicted molar refractivity (Wildman–Crippen MR) is 220 cm³/mol. The number of benzene rings is 7. The average Bonchev–Trinajstić information content (AvgIpc) is 3.26. The van der Waals surface area contributed by atoms with Crippen molar-refractivity contribution in [2.45, 2.75) is 0 Å². The molecule has 2 heterocycles. The van der Waals surface area contributed by atoms with Gasteiger partial charge in [-0.15, -0.1) is 0 Å². The van der Waals surface area contributed by atoms with Crippen molar-refractivity contribution >= 4 is 11.0 Å². The number of rotatable bonds is 7. The number of nitrogens with zero attached hydrogens (tertiary/aromatic N) is 4. The van der Waals surface area contributed by atoms with Crippen molar-refractivity contribution in [1.82, 2.24) is 15.0 Å². The highest BCUT2D eigenvalue weighted by atomic mass is 14.8. The Morgan fingerprint density at radius 1 is 0.296 bits per heavy atom. The molecule has 4 heteroatoms. The first-order chi connectivity index (χ1) is 26.7. The van der Waals surface area contributed by atoms with Crippen molar-refractivity contribution in [2.24, 2.45) is 0 Å². The number of para-hydroxylation sites is 2. The maximum atomic E-state index is 9.68. The van der Waals surface area contributed by atoms with Gasteiger partial charge in [-0.05, 0) is 75.8 Å². The van der Waals surface area contributed by atoms with Gasteiger partial charge in [-0.25, -0.2) is 15.0 Å². The van der Waals surface area contributed by atoms with Gasteiger partial charge in [-0.3, -0.25) is 0 Å². The van der Waals surface area contributed by atoms with Gasteiger partial charge in [0.2, 0.25) is 0 Å². The molecule has 2 aromatic heterocycles. The second-order valence-electron chi connectivity index (χ2n) is 13.2. The van der Waals surface area contributed by atoms with Gasteiger partial charge in [0.15, 0.2) is 0 Å². The molecule has 9 rings (SSSR count). The lowest BCUT2D eigenvalue weighted by Crippen LogP contribution is -1.96. The second kappa shape index (κ2) is 14.3. The second-order valence-corrected chi connectivity index (χ2v) is 13.2. The van der Waals surface area contributed by atoms with E-state index < -0.39 is 0 Å². The highest BCUT2D eigenvalue weighted by Gasteiger charge is 2.16. The van der Waals surface area contributed by atoms with E-state index in [9.17, 15) is 5.26 Å². The van der Waals surface area contributed by atoms with Gasteiger partial charge in [0.05, 0.1) is 45.4 Å². The Balaban J connectivity index is 1.17. The summed E-state index contributed by atoms with van der Waals surface area (Å²) >= 11 is 0. The summed E-state index contributed by atoms with van der Waals surface area (Å²) in [6, 6.07) is 68.6. The number of aromatic nitrogens is 3. The molecule has 7 aromatic carbocycles. The topological polar surface area (TPSA) is 62.5 Å². The van der Waals surface area contributed by atoms with E-state index in [1.807, 2.05) is 60.7 Å². The highest BCUT2D eigenvalue weighted by Crippen LogP contribution is 2.36. The number of hydrogen-bond acceptors (Lipinski definition) is 4. The van der Waals surface area contributed by atoms with Crippen LogP contribution in [0.1, 0.15) is 5.56 Å². The van der Waals surface area contributed by atoms with Crippen LogP contribution in [0.4, 0.5) is 0 Å². The smallest absolute Gasteiger partial charge is 0.0991 e. The first kappa shape index (κ1) is 32.4. The fourth-order valence-corrected chi connectivity index (χ4v) is 6.91. The quantitative estimate of drug-likeness (QED) is 0.167. The normalized spacial score (nSPS) is 10.9. The summed E-state index contributed by atoms with van der Waals surface area (Å²) in [7, 11) is 0. The summed E-state index contributed by atoms with van der Waals surface area (Å²) in [6.07, 6.45) is 0. The molecule has 0 radical (unpaired) electrons. The maximum absolute atomic E-state index is 9.68. The predicted octanol–water partition coefficient (Wildman–Crippen LogP) is 12.6. The van der Waals surface area contributed by atoms with Crippen LogP contribution in [0.3, 0.4) is 0 Å². The highest BCUT2D eigenvalue weighted by molar-refractivity contribution is 5.88. The Morgan fingerprint density at radius 2 is 0.704 bits per heavy atom. The van der Waals surface area contributed by atoms with Crippen LogP contribution < -0.4 is 0 Å². The summed E-state index contributed by atoms with van der Waals surface area (Å²) in [5.74, 6) is 0.